The molecule has 0 bridgehead atoms. The smallest absolute Gasteiger partial charge is 0.251 e. The van der Waals surface area contributed by atoms with Gasteiger partial charge in [0.1, 0.15) is 5.82 Å². The number of guanidine groups is 1. The highest BCUT2D eigenvalue weighted by molar-refractivity contribution is 9.10. The summed E-state index contributed by atoms with van der Waals surface area (Å²) in [5, 5.41) is 9.16. The predicted molar refractivity (Wildman–Crippen MR) is 115 cm³/mol. The van der Waals surface area contributed by atoms with Crippen molar-refractivity contribution in [2.24, 2.45) is 4.99 Å². The second-order valence-corrected chi connectivity index (χ2v) is 7.07. The van der Waals surface area contributed by atoms with Crippen LogP contribution in [0.1, 0.15) is 28.4 Å². The fourth-order valence-corrected chi connectivity index (χ4v) is 3.10. The second kappa shape index (κ2) is 11.4. The molecule has 2 aromatic carbocycles. The average Bonchev–Trinajstić information content (AvgIpc) is 2.70. The lowest BCUT2D eigenvalue weighted by atomic mass is 10.1. The largest absolute Gasteiger partial charge is 0.357 e. The molecule has 2 rings (SSSR count). The molecule has 0 spiro atoms. The molecule has 150 valence electrons. The highest BCUT2D eigenvalue weighted by atomic mass is 79.9. The van der Waals surface area contributed by atoms with Crippen LogP contribution in [0.2, 0.25) is 0 Å². The van der Waals surface area contributed by atoms with Gasteiger partial charge in [-0.3, -0.25) is 9.79 Å². The number of benzene rings is 2. The van der Waals surface area contributed by atoms with Crippen LogP contribution < -0.4 is 16.0 Å². The van der Waals surface area contributed by atoms with E-state index in [0.717, 1.165) is 36.5 Å². The Kier molecular flexibility index (Phi) is 8.94. The lowest BCUT2D eigenvalue weighted by molar-refractivity contribution is 0.0963. The second-order valence-electron chi connectivity index (χ2n) is 6.22. The van der Waals surface area contributed by atoms with Crippen LogP contribution >= 0.6 is 15.9 Å². The zero-order valence-electron chi connectivity index (χ0n) is 16.2. The van der Waals surface area contributed by atoms with Gasteiger partial charge in [0, 0.05) is 32.2 Å². The zero-order chi connectivity index (χ0) is 20.4. The Balaban J connectivity index is 1.87. The molecule has 0 aromatic heterocycles. The number of aliphatic imine (C=N–C) groups is 1. The summed E-state index contributed by atoms with van der Waals surface area (Å²) in [7, 11) is 1.63. The van der Waals surface area contributed by atoms with Gasteiger partial charge in [0.2, 0.25) is 0 Å². The molecule has 0 radical (unpaired) electrons. The summed E-state index contributed by atoms with van der Waals surface area (Å²) >= 11 is 3.21. The molecule has 5 nitrogen and oxygen atoms in total. The quantitative estimate of drug-likeness (QED) is 0.428. The minimum absolute atomic E-state index is 0.0860. The fraction of sp³-hybridized carbons (Fsp3) is 0.333. The molecule has 0 heterocycles. The normalized spacial score (nSPS) is 11.2. The Hall–Kier alpha value is -2.41. The molecule has 7 heteroatoms. The van der Waals surface area contributed by atoms with E-state index in [1.54, 1.807) is 25.2 Å². The topological polar surface area (TPSA) is 65.5 Å². The summed E-state index contributed by atoms with van der Waals surface area (Å²) in [6, 6.07) is 12.6. The van der Waals surface area contributed by atoms with E-state index in [1.165, 1.54) is 6.07 Å². The monoisotopic (exact) mass is 448 g/mol. The number of nitrogens with zero attached hydrogens (tertiary/aromatic N) is 1. The van der Waals surface area contributed by atoms with Crippen LogP contribution in [-0.4, -0.2) is 38.5 Å². The van der Waals surface area contributed by atoms with Gasteiger partial charge in [-0.25, -0.2) is 4.39 Å². The summed E-state index contributed by atoms with van der Waals surface area (Å²) in [4.78, 5) is 16.3. The molecule has 1 amide bonds. The first-order valence-electron chi connectivity index (χ1n) is 9.30. The number of hydrogen-bond donors (Lipinski definition) is 3. The molecule has 0 aliphatic carbocycles. The van der Waals surface area contributed by atoms with Gasteiger partial charge in [0.05, 0.1) is 4.47 Å². The number of nitrogens with one attached hydrogen (secondary N) is 3. The average molecular weight is 449 g/mol. The molecule has 0 fully saturated rings. The van der Waals surface area contributed by atoms with Crippen LogP contribution in [0.25, 0.3) is 0 Å². The van der Waals surface area contributed by atoms with Crippen LogP contribution in [0.4, 0.5) is 4.39 Å². The Morgan fingerprint density at radius 1 is 1.11 bits per heavy atom. The van der Waals surface area contributed by atoms with Crippen LogP contribution in [0.3, 0.4) is 0 Å². The van der Waals surface area contributed by atoms with Crippen LogP contribution in [0.15, 0.2) is 51.9 Å². The van der Waals surface area contributed by atoms with E-state index in [9.17, 15) is 9.18 Å². The van der Waals surface area contributed by atoms with Gasteiger partial charge < -0.3 is 16.0 Å². The van der Waals surface area contributed by atoms with Crippen LogP contribution in [0.5, 0.6) is 0 Å². The summed E-state index contributed by atoms with van der Waals surface area (Å²) in [5.41, 5.74) is 2.77. The number of rotatable bonds is 8. The minimum atomic E-state index is -0.261. The van der Waals surface area contributed by atoms with Crippen molar-refractivity contribution in [2.45, 2.75) is 19.8 Å². The third-order valence-corrected chi connectivity index (χ3v) is 4.73. The van der Waals surface area contributed by atoms with Crippen molar-refractivity contribution in [3.63, 3.8) is 0 Å². The first-order chi connectivity index (χ1) is 13.5. The standard InChI is InChI=1S/C21H26BrFN4O/c1-3-25-21(27-12-10-16-7-8-19(23)18(22)14-16)26-11-9-15-5-4-6-17(13-15)20(28)24-2/h4-8,13-14H,3,9-12H2,1-2H3,(H,24,28)(H2,25,26,27). The predicted octanol–water partition coefficient (Wildman–Crippen LogP) is 3.29. The molecular weight excluding hydrogens is 423 g/mol. The first-order valence-corrected chi connectivity index (χ1v) is 10.1. The van der Waals surface area contributed by atoms with E-state index in [-0.39, 0.29) is 11.7 Å². The maximum atomic E-state index is 13.3. The Morgan fingerprint density at radius 2 is 1.89 bits per heavy atom. The molecule has 0 aliphatic rings. The van der Waals surface area contributed by atoms with Crippen LogP contribution in [0, 0.1) is 5.82 Å². The summed E-state index contributed by atoms with van der Waals surface area (Å²) in [6.07, 6.45) is 1.50. The van der Waals surface area contributed by atoms with E-state index in [2.05, 4.69) is 36.9 Å². The Labute approximate surface area is 174 Å². The molecule has 3 N–H and O–H groups in total. The number of carbonyl (C=O) groups excluding carboxylic acids is 1. The summed E-state index contributed by atoms with van der Waals surface area (Å²) in [6.45, 7) is 4.08. The molecule has 0 unspecified atom stereocenters. The lowest BCUT2D eigenvalue weighted by Crippen LogP contribution is -2.38. The van der Waals surface area contributed by atoms with Crippen molar-refractivity contribution in [3.05, 3.63) is 69.4 Å². The van der Waals surface area contributed by atoms with Crippen molar-refractivity contribution in [2.75, 3.05) is 26.7 Å². The third-order valence-electron chi connectivity index (χ3n) is 4.12. The van der Waals surface area contributed by atoms with E-state index in [4.69, 9.17) is 0 Å². The molecular formula is C21H26BrFN4O. The number of halogens is 2. The van der Waals surface area contributed by atoms with Gasteiger partial charge in [-0.1, -0.05) is 18.2 Å². The Bertz CT molecular complexity index is 826. The Morgan fingerprint density at radius 3 is 2.61 bits per heavy atom. The first kappa shape index (κ1) is 21.9. The maximum absolute atomic E-state index is 13.3. The highest BCUT2D eigenvalue weighted by Gasteiger charge is 2.04. The van der Waals surface area contributed by atoms with Crippen LogP contribution in [-0.2, 0) is 12.8 Å². The number of carbonyl (C=O) groups is 1. The molecule has 0 saturated heterocycles. The molecule has 0 saturated carbocycles. The van der Waals surface area contributed by atoms with Crippen molar-refractivity contribution in [3.8, 4) is 0 Å². The number of amides is 1. The van der Waals surface area contributed by atoms with Gasteiger partial charge in [-0.15, -0.1) is 0 Å². The fourth-order valence-electron chi connectivity index (χ4n) is 2.67. The van der Waals surface area contributed by atoms with Gasteiger partial charge in [-0.05, 0) is 71.1 Å². The third kappa shape index (κ3) is 6.96. The van der Waals surface area contributed by atoms with Crippen molar-refractivity contribution in [1.82, 2.24) is 16.0 Å². The summed E-state index contributed by atoms with van der Waals surface area (Å²) in [5.74, 6) is 0.394. The molecule has 0 atom stereocenters. The van der Waals surface area contributed by atoms with Gasteiger partial charge in [0.15, 0.2) is 5.96 Å². The van der Waals surface area contributed by atoms with E-state index in [1.807, 2.05) is 25.1 Å². The number of hydrogen-bond acceptors (Lipinski definition) is 2. The van der Waals surface area contributed by atoms with E-state index < -0.39 is 0 Å². The van der Waals surface area contributed by atoms with Gasteiger partial charge in [0.25, 0.3) is 5.91 Å². The SMILES string of the molecule is CCNC(=NCCc1ccc(F)c(Br)c1)NCCc1cccc(C(=O)NC)c1. The lowest BCUT2D eigenvalue weighted by Gasteiger charge is -2.12. The zero-order valence-corrected chi connectivity index (χ0v) is 17.8. The van der Waals surface area contributed by atoms with Gasteiger partial charge >= 0.3 is 0 Å². The minimum Gasteiger partial charge on any atom is -0.357 e. The van der Waals surface area contributed by atoms with Crippen molar-refractivity contribution < 1.29 is 9.18 Å². The van der Waals surface area contributed by atoms with E-state index in [0.29, 0.717) is 23.1 Å². The van der Waals surface area contributed by atoms with Crippen molar-refractivity contribution in [1.29, 1.82) is 0 Å². The highest BCUT2D eigenvalue weighted by Crippen LogP contribution is 2.17. The molecule has 0 aliphatic heterocycles. The van der Waals surface area contributed by atoms with E-state index >= 15 is 0 Å². The molecule has 2 aromatic rings. The maximum Gasteiger partial charge on any atom is 0.251 e. The molecule has 28 heavy (non-hydrogen) atoms. The summed E-state index contributed by atoms with van der Waals surface area (Å²) < 4.78 is 13.8. The van der Waals surface area contributed by atoms with Crippen molar-refractivity contribution >= 4 is 27.8 Å². The van der Waals surface area contributed by atoms with Gasteiger partial charge in [-0.2, -0.15) is 0 Å².